The molecule has 1 saturated heterocycles. The van der Waals surface area contributed by atoms with Crippen LogP contribution in [0, 0.1) is 0 Å². The summed E-state index contributed by atoms with van der Waals surface area (Å²) in [6, 6.07) is 6.56. The first-order valence-electron chi connectivity index (χ1n) is 6.57. The fourth-order valence-corrected chi connectivity index (χ4v) is 2.39. The molecule has 0 spiro atoms. The Labute approximate surface area is 104 Å². The van der Waals surface area contributed by atoms with Gasteiger partial charge in [0.05, 0.1) is 6.10 Å². The summed E-state index contributed by atoms with van der Waals surface area (Å²) in [5.74, 6) is 0. The van der Waals surface area contributed by atoms with Crippen LogP contribution in [0.1, 0.15) is 31.4 Å². The monoisotopic (exact) mass is 234 g/mol. The molecule has 94 valence electrons. The summed E-state index contributed by atoms with van der Waals surface area (Å²) in [7, 11) is 2.02. The van der Waals surface area contributed by atoms with Crippen molar-refractivity contribution in [2.24, 2.45) is 0 Å². The Balaban J connectivity index is 1.83. The Hall–Kier alpha value is -0.930. The minimum Gasteiger partial charge on any atom is -0.378 e. The van der Waals surface area contributed by atoms with Gasteiger partial charge in [-0.25, -0.2) is 0 Å². The van der Waals surface area contributed by atoms with Gasteiger partial charge in [0.2, 0.25) is 0 Å². The van der Waals surface area contributed by atoms with Crippen LogP contribution in [0.2, 0.25) is 0 Å². The van der Waals surface area contributed by atoms with Gasteiger partial charge < -0.3 is 10.1 Å². The molecule has 0 amide bonds. The molecule has 3 heteroatoms. The smallest absolute Gasteiger partial charge is 0.0590 e. The molecule has 1 N–H and O–H groups in total. The maximum absolute atomic E-state index is 5.79. The second kappa shape index (κ2) is 6.72. The first-order valence-corrected chi connectivity index (χ1v) is 6.57. The van der Waals surface area contributed by atoms with E-state index in [0.717, 1.165) is 25.1 Å². The van der Waals surface area contributed by atoms with Crippen molar-refractivity contribution in [1.82, 2.24) is 10.3 Å². The number of nitrogens with zero attached hydrogens (tertiary/aromatic N) is 1. The SMILES string of the molecule is CNC(Cc1ccccn1)CC1CCCCO1. The van der Waals surface area contributed by atoms with Gasteiger partial charge in [-0.15, -0.1) is 0 Å². The standard InChI is InChI=1S/C14H22N2O/c1-15-13(10-12-6-2-4-8-16-12)11-14-7-3-5-9-17-14/h2,4,6,8,13-15H,3,5,7,9-11H2,1H3. The first kappa shape index (κ1) is 12.5. The van der Waals surface area contributed by atoms with Crippen LogP contribution in [0.25, 0.3) is 0 Å². The molecule has 0 aliphatic carbocycles. The summed E-state index contributed by atoms with van der Waals surface area (Å²) >= 11 is 0. The third-order valence-electron chi connectivity index (χ3n) is 3.41. The Kier molecular flexibility index (Phi) is 4.95. The number of pyridine rings is 1. The van der Waals surface area contributed by atoms with E-state index in [1.54, 1.807) is 0 Å². The fourth-order valence-electron chi connectivity index (χ4n) is 2.39. The highest BCUT2D eigenvalue weighted by Crippen LogP contribution is 2.18. The fraction of sp³-hybridized carbons (Fsp3) is 0.643. The normalized spacial score (nSPS) is 22.3. The van der Waals surface area contributed by atoms with Crippen molar-refractivity contribution in [3.05, 3.63) is 30.1 Å². The molecular formula is C14H22N2O. The van der Waals surface area contributed by atoms with Crippen LogP contribution in [0.4, 0.5) is 0 Å². The van der Waals surface area contributed by atoms with Crippen molar-refractivity contribution in [2.45, 2.75) is 44.2 Å². The zero-order chi connectivity index (χ0) is 11.9. The molecule has 1 aromatic rings. The summed E-state index contributed by atoms with van der Waals surface area (Å²) < 4.78 is 5.79. The molecule has 2 unspecified atom stereocenters. The van der Waals surface area contributed by atoms with Crippen molar-refractivity contribution in [1.29, 1.82) is 0 Å². The van der Waals surface area contributed by atoms with E-state index in [-0.39, 0.29) is 0 Å². The summed E-state index contributed by atoms with van der Waals surface area (Å²) in [6.45, 7) is 0.935. The molecule has 1 aliphatic rings. The van der Waals surface area contributed by atoms with Gasteiger partial charge in [0.15, 0.2) is 0 Å². The average Bonchev–Trinajstić information content (AvgIpc) is 2.40. The Morgan fingerprint density at radius 1 is 1.47 bits per heavy atom. The zero-order valence-electron chi connectivity index (χ0n) is 10.6. The zero-order valence-corrected chi connectivity index (χ0v) is 10.6. The summed E-state index contributed by atoms with van der Waals surface area (Å²) in [5.41, 5.74) is 1.16. The maximum Gasteiger partial charge on any atom is 0.0590 e. The second-order valence-corrected chi connectivity index (χ2v) is 4.74. The quantitative estimate of drug-likeness (QED) is 0.848. The largest absolute Gasteiger partial charge is 0.378 e. The highest BCUT2D eigenvalue weighted by Gasteiger charge is 2.18. The lowest BCUT2D eigenvalue weighted by Crippen LogP contribution is -2.34. The first-order chi connectivity index (χ1) is 8.38. The molecule has 1 fully saturated rings. The molecule has 2 rings (SSSR count). The molecule has 0 bridgehead atoms. The molecular weight excluding hydrogens is 212 g/mol. The number of hydrogen-bond donors (Lipinski definition) is 1. The van der Waals surface area contributed by atoms with Gasteiger partial charge in [-0.05, 0) is 44.9 Å². The summed E-state index contributed by atoms with van der Waals surface area (Å²) in [5, 5.41) is 3.38. The molecule has 2 atom stereocenters. The van der Waals surface area contributed by atoms with Gasteiger partial charge in [0, 0.05) is 31.0 Å². The predicted octanol–water partition coefficient (Wildman–Crippen LogP) is 2.17. The van der Waals surface area contributed by atoms with Gasteiger partial charge >= 0.3 is 0 Å². The highest BCUT2D eigenvalue weighted by molar-refractivity contribution is 5.05. The van der Waals surface area contributed by atoms with Crippen molar-refractivity contribution in [3.63, 3.8) is 0 Å². The minimum absolute atomic E-state index is 0.435. The van der Waals surface area contributed by atoms with Crippen molar-refractivity contribution in [2.75, 3.05) is 13.7 Å². The van der Waals surface area contributed by atoms with Crippen molar-refractivity contribution < 1.29 is 4.74 Å². The van der Waals surface area contributed by atoms with Crippen molar-refractivity contribution in [3.8, 4) is 0 Å². The van der Waals surface area contributed by atoms with Gasteiger partial charge in [0.25, 0.3) is 0 Å². The Morgan fingerprint density at radius 2 is 2.41 bits per heavy atom. The number of ether oxygens (including phenoxy) is 1. The van der Waals surface area contributed by atoms with Crippen LogP contribution >= 0.6 is 0 Å². The van der Waals surface area contributed by atoms with Gasteiger partial charge in [-0.3, -0.25) is 4.98 Å². The van der Waals surface area contributed by atoms with Gasteiger partial charge in [0.1, 0.15) is 0 Å². The third kappa shape index (κ3) is 4.10. The van der Waals surface area contributed by atoms with Crippen LogP contribution in [0.3, 0.4) is 0 Å². The van der Waals surface area contributed by atoms with Crippen LogP contribution in [0.5, 0.6) is 0 Å². The number of rotatable bonds is 5. The summed E-state index contributed by atoms with van der Waals surface area (Å²) in [4.78, 5) is 4.38. The van der Waals surface area contributed by atoms with E-state index >= 15 is 0 Å². The van der Waals surface area contributed by atoms with E-state index in [1.165, 1.54) is 19.3 Å². The van der Waals surface area contributed by atoms with Crippen molar-refractivity contribution >= 4 is 0 Å². The molecule has 3 nitrogen and oxygen atoms in total. The lowest BCUT2D eigenvalue weighted by molar-refractivity contribution is 0.00564. The highest BCUT2D eigenvalue weighted by atomic mass is 16.5. The Morgan fingerprint density at radius 3 is 3.06 bits per heavy atom. The van der Waals surface area contributed by atoms with Crippen LogP contribution in [-0.4, -0.2) is 30.8 Å². The molecule has 0 aromatic carbocycles. The lowest BCUT2D eigenvalue weighted by Gasteiger charge is -2.26. The van der Waals surface area contributed by atoms with E-state index in [4.69, 9.17) is 4.74 Å². The molecule has 17 heavy (non-hydrogen) atoms. The molecule has 2 heterocycles. The topological polar surface area (TPSA) is 34.2 Å². The number of hydrogen-bond acceptors (Lipinski definition) is 3. The third-order valence-corrected chi connectivity index (χ3v) is 3.41. The van der Waals surface area contributed by atoms with Crippen LogP contribution < -0.4 is 5.32 Å². The average molecular weight is 234 g/mol. The Bertz CT molecular complexity index is 309. The molecule has 1 aliphatic heterocycles. The van der Waals surface area contributed by atoms with Crippen LogP contribution in [-0.2, 0) is 11.2 Å². The van der Waals surface area contributed by atoms with Gasteiger partial charge in [-0.1, -0.05) is 6.07 Å². The van der Waals surface area contributed by atoms with E-state index in [1.807, 2.05) is 25.4 Å². The number of aromatic nitrogens is 1. The molecule has 0 saturated carbocycles. The van der Waals surface area contributed by atoms with Gasteiger partial charge in [-0.2, -0.15) is 0 Å². The van der Waals surface area contributed by atoms with E-state index < -0.39 is 0 Å². The van der Waals surface area contributed by atoms with E-state index in [2.05, 4.69) is 16.4 Å². The predicted molar refractivity (Wildman–Crippen MR) is 69.0 cm³/mol. The summed E-state index contributed by atoms with van der Waals surface area (Å²) in [6.07, 6.45) is 8.11. The van der Waals surface area contributed by atoms with E-state index in [0.29, 0.717) is 12.1 Å². The molecule has 1 aromatic heterocycles. The number of likely N-dealkylation sites (N-methyl/N-ethyl adjacent to an activating group) is 1. The van der Waals surface area contributed by atoms with E-state index in [9.17, 15) is 0 Å². The lowest BCUT2D eigenvalue weighted by atomic mass is 9.99. The molecule has 0 radical (unpaired) electrons. The van der Waals surface area contributed by atoms with Crippen LogP contribution in [0.15, 0.2) is 24.4 Å². The minimum atomic E-state index is 0.435. The number of nitrogens with one attached hydrogen (secondary N) is 1. The maximum atomic E-state index is 5.79. The second-order valence-electron chi connectivity index (χ2n) is 4.74.